The highest BCUT2D eigenvalue weighted by atomic mass is 16.6. The van der Waals surface area contributed by atoms with Crippen LogP contribution in [0.5, 0.6) is 5.75 Å². The monoisotopic (exact) mass is 368 g/mol. The van der Waals surface area contributed by atoms with Crippen molar-refractivity contribution in [1.82, 2.24) is 0 Å². The number of methoxy groups -OCH3 is 1. The number of carbonyl (C=O) groups is 2. The molecule has 0 bridgehead atoms. The Morgan fingerprint density at radius 2 is 1.85 bits per heavy atom. The lowest BCUT2D eigenvalue weighted by molar-refractivity contribution is -0.147. The second-order valence-corrected chi connectivity index (χ2v) is 5.60. The van der Waals surface area contributed by atoms with Crippen LogP contribution in [-0.4, -0.2) is 25.7 Å². The second-order valence-electron chi connectivity index (χ2n) is 5.60. The van der Waals surface area contributed by atoms with Crippen molar-refractivity contribution in [1.29, 1.82) is 0 Å². The molecule has 7 nitrogen and oxygen atoms in total. The van der Waals surface area contributed by atoms with Gasteiger partial charge in [-0.2, -0.15) is 0 Å². The zero-order chi connectivity index (χ0) is 19.2. The van der Waals surface area contributed by atoms with E-state index in [-0.39, 0.29) is 13.2 Å². The van der Waals surface area contributed by atoms with Crippen molar-refractivity contribution in [3.8, 4) is 5.75 Å². The molecule has 0 aliphatic carbocycles. The van der Waals surface area contributed by atoms with Gasteiger partial charge in [-0.15, -0.1) is 0 Å². The zero-order valence-electron chi connectivity index (χ0n) is 14.5. The Balaban J connectivity index is 1.55. The molecule has 0 atom stereocenters. The van der Waals surface area contributed by atoms with Crippen LogP contribution in [-0.2, 0) is 20.9 Å². The lowest BCUT2D eigenvalue weighted by Gasteiger charge is -2.08. The van der Waals surface area contributed by atoms with Gasteiger partial charge in [-0.25, -0.2) is 14.4 Å². The van der Waals surface area contributed by atoms with Crippen LogP contribution >= 0.6 is 0 Å². The minimum atomic E-state index is -0.576. The summed E-state index contributed by atoms with van der Waals surface area (Å²) in [6, 6.07) is 14.5. The van der Waals surface area contributed by atoms with Gasteiger partial charge in [0, 0.05) is 17.5 Å². The smallest absolute Gasteiger partial charge is 0.344 e. The molecule has 0 saturated carbocycles. The summed E-state index contributed by atoms with van der Waals surface area (Å²) in [5, 5.41) is 0.745. The highest BCUT2D eigenvalue weighted by Gasteiger charge is 2.09. The predicted molar refractivity (Wildman–Crippen MR) is 95.6 cm³/mol. The number of hydrogen-bond donors (Lipinski definition) is 0. The van der Waals surface area contributed by atoms with Crippen LogP contribution in [0.3, 0.4) is 0 Å². The maximum Gasteiger partial charge on any atom is 0.344 e. The van der Waals surface area contributed by atoms with Crippen LogP contribution in [0.1, 0.15) is 15.9 Å². The first kappa shape index (κ1) is 18.2. The summed E-state index contributed by atoms with van der Waals surface area (Å²) in [5.41, 5.74) is 0.930. The number of hydrogen-bond acceptors (Lipinski definition) is 7. The molecule has 0 spiro atoms. The van der Waals surface area contributed by atoms with Gasteiger partial charge in [-0.05, 0) is 35.9 Å². The number of carbonyl (C=O) groups excluding carboxylic acids is 2. The van der Waals surface area contributed by atoms with E-state index in [2.05, 4.69) is 4.74 Å². The largest absolute Gasteiger partial charge is 0.482 e. The van der Waals surface area contributed by atoms with Gasteiger partial charge in [0.1, 0.15) is 17.9 Å². The molecule has 3 aromatic rings. The molecule has 1 aromatic heterocycles. The predicted octanol–water partition coefficient (Wildman–Crippen LogP) is 2.70. The minimum Gasteiger partial charge on any atom is -0.482 e. The molecule has 1 heterocycles. The molecule has 0 amide bonds. The van der Waals surface area contributed by atoms with E-state index in [9.17, 15) is 14.4 Å². The van der Waals surface area contributed by atoms with Gasteiger partial charge in [-0.1, -0.05) is 12.1 Å². The normalized spacial score (nSPS) is 10.4. The van der Waals surface area contributed by atoms with Crippen molar-refractivity contribution in [3.63, 3.8) is 0 Å². The van der Waals surface area contributed by atoms with Crippen molar-refractivity contribution in [3.05, 3.63) is 76.1 Å². The average Bonchev–Trinajstić information content (AvgIpc) is 2.70. The van der Waals surface area contributed by atoms with Gasteiger partial charge in [0.2, 0.25) is 0 Å². The number of fused-ring (bicyclic) bond motifs is 1. The molecule has 7 heteroatoms. The molecular weight excluding hydrogens is 352 g/mol. The molecule has 0 fully saturated rings. The SMILES string of the molecule is COC(=O)c1cccc(COC(=O)COc2ccc3ccc(=O)oc3c2)c1. The van der Waals surface area contributed by atoms with E-state index in [1.165, 1.54) is 19.2 Å². The van der Waals surface area contributed by atoms with E-state index in [0.29, 0.717) is 22.5 Å². The first-order valence-electron chi connectivity index (χ1n) is 8.05. The first-order chi connectivity index (χ1) is 13.0. The molecule has 0 aliphatic heterocycles. The molecule has 2 aromatic carbocycles. The number of esters is 2. The third-order valence-corrected chi connectivity index (χ3v) is 3.70. The fourth-order valence-electron chi connectivity index (χ4n) is 2.38. The quantitative estimate of drug-likeness (QED) is 0.488. The van der Waals surface area contributed by atoms with Gasteiger partial charge in [0.05, 0.1) is 12.7 Å². The summed E-state index contributed by atoms with van der Waals surface area (Å²) in [4.78, 5) is 34.6. The van der Waals surface area contributed by atoms with Gasteiger partial charge < -0.3 is 18.6 Å². The van der Waals surface area contributed by atoms with Gasteiger partial charge in [-0.3, -0.25) is 0 Å². The van der Waals surface area contributed by atoms with Crippen molar-refractivity contribution >= 4 is 22.9 Å². The number of benzene rings is 2. The molecule has 0 N–H and O–H groups in total. The lowest BCUT2D eigenvalue weighted by Crippen LogP contribution is -2.15. The highest BCUT2D eigenvalue weighted by Crippen LogP contribution is 2.19. The van der Waals surface area contributed by atoms with Crippen molar-refractivity contribution < 1.29 is 28.2 Å². The summed E-state index contributed by atoms with van der Waals surface area (Å²) in [5.74, 6) is -0.663. The second kappa shape index (κ2) is 8.18. The van der Waals surface area contributed by atoms with Gasteiger partial charge >= 0.3 is 17.6 Å². The highest BCUT2D eigenvalue weighted by molar-refractivity contribution is 5.89. The molecule has 0 aliphatic rings. The van der Waals surface area contributed by atoms with E-state index in [4.69, 9.17) is 13.9 Å². The summed E-state index contributed by atoms with van der Waals surface area (Å²) in [7, 11) is 1.30. The Hall–Kier alpha value is -3.61. The summed E-state index contributed by atoms with van der Waals surface area (Å²) in [6.07, 6.45) is 0. The molecule has 27 heavy (non-hydrogen) atoms. The zero-order valence-corrected chi connectivity index (χ0v) is 14.5. The number of ether oxygens (including phenoxy) is 3. The minimum absolute atomic E-state index is 0.000374. The topological polar surface area (TPSA) is 92.0 Å². The van der Waals surface area contributed by atoms with Crippen LogP contribution in [0.25, 0.3) is 11.0 Å². The van der Waals surface area contributed by atoms with Crippen LogP contribution < -0.4 is 10.4 Å². The standard InChI is InChI=1S/C20H16O7/c1-24-20(23)15-4-2-3-13(9-15)11-26-19(22)12-25-16-7-5-14-6-8-18(21)27-17(14)10-16/h2-10H,11-12H2,1H3. The van der Waals surface area contributed by atoms with Crippen LogP contribution in [0.4, 0.5) is 0 Å². The molecule has 0 unspecified atom stereocenters. The third kappa shape index (κ3) is 4.72. The van der Waals surface area contributed by atoms with E-state index >= 15 is 0 Å². The molecular formula is C20H16O7. The molecule has 0 radical (unpaired) electrons. The van der Waals surface area contributed by atoms with E-state index < -0.39 is 17.6 Å². The van der Waals surface area contributed by atoms with Crippen molar-refractivity contribution in [2.75, 3.05) is 13.7 Å². The Labute approximate surface area is 154 Å². The fraction of sp³-hybridized carbons (Fsp3) is 0.150. The van der Waals surface area contributed by atoms with E-state index in [0.717, 1.165) is 5.39 Å². The molecule has 0 saturated heterocycles. The summed E-state index contributed by atoms with van der Waals surface area (Å²) in [6.45, 7) is -0.307. The van der Waals surface area contributed by atoms with Gasteiger partial charge in [0.25, 0.3) is 0 Å². The number of rotatable bonds is 6. The average molecular weight is 368 g/mol. The Morgan fingerprint density at radius 1 is 1.04 bits per heavy atom. The van der Waals surface area contributed by atoms with Crippen molar-refractivity contribution in [2.45, 2.75) is 6.61 Å². The van der Waals surface area contributed by atoms with E-state index in [1.807, 2.05) is 0 Å². The van der Waals surface area contributed by atoms with E-state index in [1.54, 1.807) is 42.5 Å². The van der Waals surface area contributed by atoms with Crippen LogP contribution in [0.2, 0.25) is 0 Å². The van der Waals surface area contributed by atoms with Crippen LogP contribution in [0, 0.1) is 0 Å². The summed E-state index contributed by atoms with van der Waals surface area (Å²) < 4.78 is 20.2. The van der Waals surface area contributed by atoms with Crippen molar-refractivity contribution in [2.24, 2.45) is 0 Å². The maximum atomic E-state index is 11.9. The van der Waals surface area contributed by atoms with Crippen LogP contribution in [0.15, 0.2) is 63.8 Å². The Morgan fingerprint density at radius 3 is 2.67 bits per heavy atom. The molecule has 138 valence electrons. The first-order valence-corrected chi connectivity index (χ1v) is 8.05. The molecule has 3 rings (SSSR count). The van der Waals surface area contributed by atoms with Gasteiger partial charge in [0.15, 0.2) is 6.61 Å². The Bertz CT molecular complexity index is 1040. The Kier molecular flexibility index (Phi) is 5.51. The lowest BCUT2D eigenvalue weighted by atomic mass is 10.1. The maximum absolute atomic E-state index is 11.9. The third-order valence-electron chi connectivity index (χ3n) is 3.70. The summed E-state index contributed by atoms with van der Waals surface area (Å²) >= 11 is 0. The fourth-order valence-corrected chi connectivity index (χ4v) is 2.38.